The first-order chi connectivity index (χ1) is 14.9. The second-order valence-electron chi connectivity index (χ2n) is 7.43. The SMILES string of the molecule is COc1ccc(S(=O)(=O)Nc2cccc(-c3ccc(N4CCN(C)CC4)nn3)c2)cc1. The second kappa shape index (κ2) is 8.91. The summed E-state index contributed by atoms with van der Waals surface area (Å²) in [6.07, 6.45) is 0. The van der Waals surface area contributed by atoms with Gasteiger partial charge in [-0.05, 0) is 55.6 Å². The molecule has 2 aromatic carbocycles. The minimum atomic E-state index is -3.72. The number of rotatable bonds is 6. The van der Waals surface area contributed by atoms with Gasteiger partial charge in [0.25, 0.3) is 10.0 Å². The molecule has 0 unspecified atom stereocenters. The van der Waals surface area contributed by atoms with Gasteiger partial charge < -0.3 is 14.5 Å². The number of hydrogen-bond donors (Lipinski definition) is 1. The van der Waals surface area contributed by atoms with E-state index in [-0.39, 0.29) is 4.90 Å². The average Bonchev–Trinajstić information content (AvgIpc) is 2.80. The molecule has 0 saturated carbocycles. The van der Waals surface area contributed by atoms with Crippen molar-refractivity contribution in [3.8, 4) is 17.0 Å². The third-order valence-electron chi connectivity index (χ3n) is 5.26. The van der Waals surface area contributed by atoms with Gasteiger partial charge in [0.15, 0.2) is 5.82 Å². The lowest BCUT2D eigenvalue weighted by atomic mass is 10.1. The van der Waals surface area contributed by atoms with Crippen LogP contribution in [0, 0.1) is 0 Å². The Morgan fingerprint density at radius 1 is 0.935 bits per heavy atom. The highest BCUT2D eigenvalue weighted by Crippen LogP contribution is 2.24. The molecule has 0 bridgehead atoms. The van der Waals surface area contributed by atoms with Crippen molar-refractivity contribution in [3.05, 3.63) is 60.7 Å². The first-order valence-corrected chi connectivity index (χ1v) is 11.5. The zero-order chi connectivity index (χ0) is 21.8. The van der Waals surface area contributed by atoms with Crippen LogP contribution in [0.2, 0.25) is 0 Å². The van der Waals surface area contributed by atoms with E-state index in [9.17, 15) is 8.42 Å². The van der Waals surface area contributed by atoms with Crippen molar-refractivity contribution in [1.82, 2.24) is 15.1 Å². The number of benzene rings is 2. The molecular formula is C22H25N5O3S. The molecule has 1 N–H and O–H groups in total. The summed E-state index contributed by atoms with van der Waals surface area (Å²) < 4.78 is 33.1. The van der Waals surface area contributed by atoms with Crippen LogP contribution in [0.1, 0.15) is 0 Å². The molecule has 4 rings (SSSR count). The summed E-state index contributed by atoms with van der Waals surface area (Å²) in [5, 5.41) is 8.74. The smallest absolute Gasteiger partial charge is 0.261 e. The van der Waals surface area contributed by atoms with Crippen LogP contribution in [-0.2, 0) is 10.0 Å². The maximum atomic E-state index is 12.7. The highest BCUT2D eigenvalue weighted by atomic mass is 32.2. The molecular weight excluding hydrogens is 414 g/mol. The maximum absolute atomic E-state index is 12.7. The summed E-state index contributed by atoms with van der Waals surface area (Å²) >= 11 is 0. The van der Waals surface area contributed by atoms with Gasteiger partial charge in [-0.25, -0.2) is 8.42 Å². The Labute approximate surface area is 182 Å². The molecule has 0 amide bonds. The van der Waals surface area contributed by atoms with Gasteiger partial charge in [0.1, 0.15) is 5.75 Å². The summed E-state index contributed by atoms with van der Waals surface area (Å²) in [6.45, 7) is 3.85. The largest absolute Gasteiger partial charge is 0.497 e. The molecule has 0 aliphatic carbocycles. The Hall–Kier alpha value is -3.17. The van der Waals surface area contributed by atoms with Crippen LogP contribution in [0.15, 0.2) is 65.6 Å². The van der Waals surface area contributed by atoms with E-state index in [1.54, 1.807) is 30.3 Å². The summed E-state index contributed by atoms with van der Waals surface area (Å²) in [6, 6.07) is 17.2. The lowest BCUT2D eigenvalue weighted by Crippen LogP contribution is -2.44. The zero-order valence-corrected chi connectivity index (χ0v) is 18.3. The predicted molar refractivity (Wildman–Crippen MR) is 121 cm³/mol. The monoisotopic (exact) mass is 439 g/mol. The second-order valence-corrected chi connectivity index (χ2v) is 9.11. The first-order valence-electron chi connectivity index (χ1n) is 9.99. The minimum absolute atomic E-state index is 0.162. The number of ether oxygens (including phenoxy) is 1. The van der Waals surface area contributed by atoms with Gasteiger partial charge in [-0.2, -0.15) is 0 Å². The van der Waals surface area contributed by atoms with Gasteiger partial charge in [-0.15, -0.1) is 10.2 Å². The number of nitrogens with zero attached hydrogens (tertiary/aromatic N) is 4. The summed E-state index contributed by atoms with van der Waals surface area (Å²) in [5.74, 6) is 1.45. The third-order valence-corrected chi connectivity index (χ3v) is 6.66. The average molecular weight is 440 g/mol. The van der Waals surface area contributed by atoms with Crippen LogP contribution in [0.25, 0.3) is 11.3 Å². The Morgan fingerprint density at radius 2 is 1.68 bits per heavy atom. The Kier molecular flexibility index (Phi) is 6.06. The summed E-state index contributed by atoms with van der Waals surface area (Å²) in [4.78, 5) is 4.67. The van der Waals surface area contributed by atoms with E-state index in [1.807, 2.05) is 18.2 Å². The Bertz CT molecular complexity index is 1130. The number of hydrogen-bond acceptors (Lipinski definition) is 7. The van der Waals surface area contributed by atoms with Crippen molar-refractivity contribution in [1.29, 1.82) is 0 Å². The van der Waals surface area contributed by atoms with Crippen molar-refractivity contribution < 1.29 is 13.2 Å². The predicted octanol–water partition coefficient (Wildman–Crippen LogP) is 2.70. The number of anilines is 2. The van der Waals surface area contributed by atoms with Gasteiger partial charge in [0, 0.05) is 37.4 Å². The van der Waals surface area contributed by atoms with Crippen LogP contribution in [-0.4, -0.2) is 63.9 Å². The fraction of sp³-hybridized carbons (Fsp3) is 0.273. The van der Waals surface area contributed by atoms with E-state index in [1.165, 1.54) is 19.2 Å². The van der Waals surface area contributed by atoms with Gasteiger partial charge >= 0.3 is 0 Å². The van der Waals surface area contributed by atoms with E-state index in [4.69, 9.17) is 4.74 Å². The normalized spacial score (nSPS) is 15.0. The maximum Gasteiger partial charge on any atom is 0.261 e. The van der Waals surface area contributed by atoms with E-state index >= 15 is 0 Å². The van der Waals surface area contributed by atoms with Crippen LogP contribution in [0.4, 0.5) is 11.5 Å². The Balaban J connectivity index is 1.50. The molecule has 3 aromatic rings. The van der Waals surface area contributed by atoms with Crippen LogP contribution >= 0.6 is 0 Å². The number of nitrogens with one attached hydrogen (secondary N) is 1. The number of likely N-dealkylation sites (N-methyl/N-ethyl adjacent to an activating group) is 1. The molecule has 1 aromatic heterocycles. The molecule has 162 valence electrons. The molecule has 1 saturated heterocycles. The molecule has 0 atom stereocenters. The molecule has 1 fully saturated rings. The standard InChI is InChI=1S/C22H25N5O3S/c1-26-12-14-27(15-13-26)22-11-10-21(23-24-22)17-4-3-5-18(16-17)25-31(28,29)20-8-6-19(30-2)7-9-20/h3-11,16,25H,12-15H2,1-2H3. The molecule has 8 nitrogen and oxygen atoms in total. The fourth-order valence-corrected chi connectivity index (χ4v) is 4.44. The van der Waals surface area contributed by atoms with Crippen LogP contribution in [0.3, 0.4) is 0 Å². The fourth-order valence-electron chi connectivity index (χ4n) is 3.39. The lowest BCUT2D eigenvalue weighted by Gasteiger charge is -2.32. The van der Waals surface area contributed by atoms with Gasteiger partial charge in [-0.3, -0.25) is 4.72 Å². The van der Waals surface area contributed by atoms with Crippen molar-refractivity contribution in [2.75, 3.05) is 50.0 Å². The molecule has 0 spiro atoms. The summed E-state index contributed by atoms with van der Waals surface area (Å²) in [7, 11) is -0.0666. The highest BCUT2D eigenvalue weighted by Gasteiger charge is 2.17. The number of methoxy groups -OCH3 is 1. The van der Waals surface area contributed by atoms with Crippen molar-refractivity contribution in [2.45, 2.75) is 4.90 Å². The van der Waals surface area contributed by atoms with E-state index in [2.05, 4.69) is 31.8 Å². The lowest BCUT2D eigenvalue weighted by molar-refractivity contribution is 0.312. The van der Waals surface area contributed by atoms with Gasteiger partial charge in [0.2, 0.25) is 0 Å². The molecule has 1 aliphatic rings. The molecule has 2 heterocycles. The van der Waals surface area contributed by atoms with Crippen molar-refractivity contribution in [3.63, 3.8) is 0 Å². The van der Waals surface area contributed by atoms with Crippen molar-refractivity contribution >= 4 is 21.5 Å². The third kappa shape index (κ3) is 4.95. The van der Waals surface area contributed by atoms with Crippen molar-refractivity contribution in [2.24, 2.45) is 0 Å². The van der Waals surface area contributed by atoms with E-state index in [0.717, 1.165) is 37.6 Å². The molecule has 9 heteroatoms. The summed E-state index contributed by atoms with van der Waals surface area (Å²) in [5.41, 5.74) is 1.92. The number of piperazine rings is 1. The molecule has 0 radical (unpaired) electrons. The quantitative estimate of drug-likeness (QED) is 0.632. The first kappa shape index (κ1) is 21.1. The van der Waals surface area contributed by atoms with E-state index < -0.39 is 10.0 Å². The topological polar surface area (TPSA) is 87.7 Å². The molecule has 31 heavy (non-hydrogen) atoms. The van der Waals surface area contributed by atoms with Crippen LogP contribution < -0.4 is 14.4 Å². The van der Waals surface area contributed by atoms with Gasteiger partial charge in [-0.1, -0.05) is 12.1 Å². The number of sulfonamides is 1. The number of aromatic nitrogens is 2. The highest BCUT2D eigenvalue weighted by molar-refractivity contribution is 7.92. The van der Waals surface area contributed by atoms with E-state index in [0.29, 0.717) is 17.1 Å². The molecule has 1 aliphatic heterocycles. The Morgan fingerprint density at radius 3 is 2.32 bits per heavy atom. The van der Waals surface area contributed by atoms with Gasteiger partial charge in [0.05, 0.1) is 17.7 Å². The minimum Gasteiger partial charge on any atom is -0.497 e. The zero-order valence-electron chi connectivity index (χ0n) is 17.5. The van der Waals surface area contributed by atoms with Crippen LogP contribution in [0.5, 0.6) is 5.75 Å².